The minimum Gasteiger partial charge on any atom is -0.503 e. The van der Waals surface area contributed by atoms with Crippen molar-refractivity contribution in [3.63, 3.8) is 0 Å². The Morgan fingerprint density at radius 1 is 1.29 bits per heavy atom. The van der Waals surface area contributed by atoms with Crippen LogP contribution in [0.25, 0.3) is 0 Å². The van der Waals surface area contributed by atoms with Crippen LogP contribution in [0.15, 0.2) is 6.07 Å². The number of benzene rings is 1. The second-order valence-electron chi connectivity index (χ2n) is 4.77. The number of rotatable bonds is 3. The molecule has 1 fully saturated rings. The van der Waals surface area contributed by atoms with Crippen LogP contribution in [0.1, 0.15) is 29.6 Å². The zero-order valence-electron chi connectivity index (χ0n) is 10.8. The van der Waals surface area contributed by atoms with Crippen LogP contribution in [0.4, 0.5) is 13.2 Å². The Hall–Kier alpha value is -2.25. The van der Waals surface area contributed by atoms with Gasteiger partial charge in [0.05, 0.1) is 12.0 Å². The first kappa shape index (κ1) is 15.1. The van der Waals surface area contributed by atoms with E-state index in [0.717, 1.165) is 4.90 Å². The van der Waals surface area contributed by atoms with Gasteiger partial charge in [0.2, 0.25) is 5.82 Å². The smallest absolute Gasteiger partial charge is 0.305 e. The average molecular weight is 303 g/mol. The Morgan fingerprint density at radius 3 is 2.57 bits per heavy atom. The number of phenols is 1. The molecule has 1 unspecified atom stereocenters. The number of carbonyl (C=O) groups is 2. The van der Waals surface area contributed by atoms with Gasteiger partial charge in [0.25, 0.3) is 5.91 Å². The summed E-state index contributed by atoms with van der Waals surface area (Å²) >= 11 is 0. The Bertz CT molecular complexity index is 606. The summed E-state index contributed by atoms with van der Waals surface area (Å²) in [5.74, 6) is -8.52. The first-order valence-corrected chi connectivity index (χ1v) is 6.22. The third kappa shape index (κ3) is 2.79. The summed E-state index contributed by atoms with van der Waals surface area (Å²) in [4.78, 5) is 24.0. The summed E-state index contributed by atoms with van der Waals surface area (Å²) in [5.41, 5.74) is -0.816. The standard InChI is InChI=1S/C13H12F3NO4/c14-8-5-7(10(15)12(20)11(8)16)13(21)17-3-1-2-6(17)4-9(18)19/h5-6,20H,1-4H2,(H,18,19). The van der Waals surface area contributed by atoms with Gasteiger partial charge < -0.3 is 15.1 Å². The second kappa shape index (κ2) is 5.63. The van der Waals surface area contributed by atoms with Crippen molar-refractivity contribution >= 4 is 11.9 Å². The molecule has 0 saturated carbocycles. The molecular formula is C13H12F3NO4. The predicted molar refractivity (Wildman–Crippen MR) is 64.3 cm³/mol. The highest BCUT2D eigenvalue weighted by Gasteiger charge is 2.33. The van der Waals surface area contributed by atoms with Crippen LogP contribution < -0.4 is 0 Å². The maximum absolute atomic E-state index is 13.7. The van der Waals surface area contributed by atoms with Gasteiger partial charge in [-0.05, 0) is 18.9 Å². The summed E-state index contributed by atoms with van der Waals surface area (Å²) in [6.07, 6.45) is 0.638. The van der Waals surface area contributed by atoms with Gasteiger partial charge >= 0.3 is 5.97 Å². The Kier molecular flexibility index (Phi) is 4.06. The number of halogens is 3. The van der Waals surface area contributed by atoms with E-state index in [0.29, 0.717) is 18.9 Å². The molecule has 0 radical (unpaired) electrons. The zero-order chi connectivity index (χ0) is 15.7. The molecule has 0 spiro atoms. The van der Waals surface area contributed by atoms with Gasteiger partial charge in [0, 0.05) is 12.6 Å². The number of carbonyl (C=O) groups excluding carboxylic acids is 1. The molecule has 1 heterocycles. The summed E-state index contributed by atoms with van der Waals surface area (Å²) in [6, 6.07) is -0.271. The summed E-state index contributed by atoms with van der Waals surface area (Å²) in [7, 11) is 0. The minimum atomic E-state index is -1.77. The van der Waals surface area contributed by atoms with Crippen molar-refractivity contribution in [1.29, 1.82) is 0 Å². The van der Waals surface area contributed by atoms with Gasteiger partial charge in [-0.2, -0.15) is 4.39 Å². The minimum absolute atomic E-state index is 0.190. The van der Waals surface area contributed by atoms with E-state index in [1.165, 1.54) is 0 Å². The van der Waals surface area contributed by atoms with Gasteiger partial charge in [-0.1, -0.05) is 0 Å². The second-order valence-corrected chi connectivity index (χ2v) is 4.77. The number of carboxylic acids is 1. The number of aliphatic carboxylic acids is 1. The van der Waals surface area contributed by atoms with Crippen molar-refractivity contribution in [2.24, 2.45) is 0 Å². The average Bonchev–Trinajstić information content (AvgIpc) is 2.87. The highest BCUT2D eigenvalue weighted by Crippen LogP contribution is 2.29. The fourth-order valence-electron chi connectivity index (χ4n) is 2.42. The quantitative estimate of drug-likeness (QED) is 0.836. The summed E-state index contributed by atoms with van der Waals surface area (Å²) in [6.45, 7) is 0.190. The molecule has 0 aliphatic carbocycles. The van der Waals surface area contributed by atoms with Crippen molar-refractivity contribution in [3.8, 4) is 5.75 Å². The van der Waals surface area contributed by atoms with Crippen molar-refractivity contribution in [2.75, 3.05) is 6.54 Å². The summed E-state index contributed by atoms with van der Waals surface area (Å²) < 4.78 is 39.9. The molecule has 0 bridgehead atoms. The van der Waals surface area contributed by atoms with E-state index in [9.17, 15) is 22.8 Å². The SMILES string of the molecule is O=C(O)CC1CCCN1C(=O)c1cc(F)c(F)c(O)c1F. The molecular weight excluding hydrogens is 291 g/mol. The normalized spacial score (nSPS) is 18.0. The monoisotopic (exact) mass is 303 g/mol. The van der Waals surface area contributed by atoms with Crippen LogP contribution in [0.2, 0.25) is 0 Å². The van der Waals surface area contributed by atoms with E-state index in [1.807, 2.05) is 0 Å². The van der Waals surface area contributed by atoms with E-state index in [4.69, 9.17) is 10.2 Å². The maximum atomic E-state index is 13.7. The highest BCUT2D eigenvalue weighted by atomic mass is 19.2. The molecule has 5 nitrogen and oxygen atoms in total. The van der Waals surface area contributed by atoms with E-state index in [1.54, 1.807) is 0 Å². The molecule has 0 aromatic heterocycles. The molecule has 8 heteroatoms. The molecule has 1 atom stereocenters. The van der Waals surface area contributed by atoms with Crippen molar-refractivity contribution in [1.82, 2.24) is 4.90 Å². The van der Waals surface area contributed by atoms with E-state index < -0.39 is 46.7 Å². The summed E-state index contributed by atoms with van der Waals surface area (Å²) in [5, 5.41) is 17.9. The fourth-order valence-corrected chi connectivity index (χ4v) is 2.42. The zero-order valence-corrected chi connectivity index (χ0v) is 10.8. The first-order valence-electron chi connectivity index (χ1n) is 6.22. The number of aromatic hydroxyl groups is 1. The van der Waals surface area contributed by atoms with E-state index >= 15 is 0 Å². The molecule has 2 N–H and O–H groups in total. The number of hydrogen-bond donors (Lipinski definition) is 2. The number of amides is 1. The molecule has 2 rings (SSSR count). The highest BCUT2D eigenvalue weighted by molar-refractivity contribution is 5.95. The molecule has 114 valence electrons. The van der Waals surface area contributed by atoms with Crippen molar-refractivity contribution in [2.45, 2.75) is 25.3 Å². The van der Waals surface area contributed by atoms with Crippen molar-refractivity contribution < 1.29 is 33.0 Å². The Morgan fingerprint density at radius 2 is 1.95 bits per heavy atom. The number of nitrogens with zero attached hydrogens (tertiary/aromatic N) is 1. The first-order chi connectivity index (χ1) is 9.82. The molecule has 1 aliphatic rings. The van der Waals surface area contributed by atoms with Gasteiger partial charge in [-0.25, -0.2) is 8.78 Å². The van der Waals surface area contributed by atoms with E-state index in [-0.39, 0.29) is 13.0 Å². The number of phenolic OH excluding ortho intramolecular Hbond substituents is 1. The third-order valence-electron chi connectivity index (χ3n) is 3.41. The molecule has 1 aromatic rings. The van der Waals surface area contributed by atoms with Crippen LogP contribution in [-0.4, -0.2) is 39.6 Å². The van der Waals surface area contributed by atoms with Crippen LogP contribution >= 0.6 is 0 Å². The number of hydrogen-bond acceptors (Lipinski definition) is 3. The van der Waals surface area contributed by atoms with Gasteiger partial charge in [0.1, 0.15) is 0 Å². The maximum Gasteiger partial charge on any atom is 0.305 e. The lowest BCUT2D eigenvalue weighted by Crippen LogP contribution is -2.37. The molecule has 1 aromatic carbocycles. The third-order valence-corrected chi connectivity index (χ3v) is 3.41. The lowest BCUT2D eigenvalue weighted by Gasteiger charge is -2.23. The topological polar surface area (TPSA) is 77.8 Å². The largest absolute Gasteiger partial charge is 0.503 e. The van der Waals surface area contributed by atoms with Crippen LogP contribution in [-0.2, 0) is 4.79 Å². The van der Waals surface area contributed by atoms with Crippen LogP contribution in [0.5, 0.6) is 5.75 Å². The number of carboxylic acid groups (broad SMARTS) is 1. The Labute approximate surface area is 117 Å². The number of likely N-dealkylation sites (tertiary alicyclic amines) is 1. The van der Waals surface area contributed by atoms with Crippen LogP contribution in [0, 0.1) is 17.5 Å². The predicted octanol–water partition coefficient (Wildman–Crippen LogP) is 1.89. The fraction of sp³-hybridized carbons (Fsp3) is 0.385. The van der Waals surface area contributed by atoms with E-state index in [2.05, 4.69) is 0 Å². The molecule has 21 heavy (non-hydrogen) atoms. The lowest BCUT2D eigenvalue weighted by atomic mass is 10.1. The van der Waals surface area contributed by atoms with Crippen molar-refractivity contribution in [3.05, 3.63) is 29.1 Å². The molecule has 1 amide bonds. The Balaban J connectivity index is 2.34. The van der Waals surface area contributed by atoms with Gasteiger partial charge in [-0.3, -0.25) is 9.59 Å². The van der Waals surface area contributed by atoms with Gasteiger partial charge in [0.15, 0.2) is 17.4 Å². The van der Waals surface area contributed by atoms with Crippen LogP contribution in [0.3, 0.4) is 0 Å². The van der Waals surface area contributed by atoms with Gasteiger partial charge in [-0.15, -0.1) is 0 Å². The molecule has 1 saturated heterocycles. The molecule has 1 aliphatic heterocycles. The lowest BCUT2D eigenvalue weighted by molar-refractivity contribution is -0.137.